The lowest BCUT2D eigenvalue weighted by molar-refractivity contribution is 0.0619. The Labute approximate surface area is 101 Å². The Balaban J connectivity index is 2.86. The van der Waals surface area contributed by atoms with E-state index in [1.165, 1.54) is 6.07 Å². The second-order valence-electron chi connectivity index (χ2n) is 3.86. The van der Waals surface area contributed by atoms with Gasteiger partial charge in [0.15, 0.2) is 0 Å². The van der Waals surface area contributed by atoms with Gasteiger partial charge in [0.05, 0.1) is 18.8 Å². The number of hydrogen-bond donors (Lipinski definition) is 1. The molecule has 0 radical (unpaired) electrons. The Kier molecular flexibility index (Phi) is 5.19. The normalized spacial score (nSPS) is 13.1. The summed E-state index contributed by atoms with van der Waals surface area (Å²) in [6.07, 6.45) is 0.112. The van der Waals surface area contributed by atoms with Gasteiger partial charge >= 0.3 is 0 Å². The molecule has 0 aliphatic carbocycles. The highest BCUT2D eigenvalue weighted by Gasteiger charge is 2.17. The third kappa shape index (κ3) is 3.44. The molecule has 0 fully saturated rings. The lowest BCUT2D eigenvalue weighted by Crippen LogP contribution is -2.24. The molecule has 90 valence electrons. The monoisotopic (exact) mass is 245 g/mol. The van der Waals surface area contributed by atoms with Crippen LogP contribution in [0.1, 0.15) is 25.5 Å². The molecular formula is C12H17ClFNO. The number of ether oxygens (including phenoxy) is 1. The molecule has 0 aliphatic heterocycles. The second-order valence-corrected chi connectivity index (χ2v) is 4.27. The van der Waals surface area contributed by atoms with E-state index in [-0.39, 0.29) is 18.0 Å². The van der Waals surface area contributed by atoms with E-state index < -0.39 is 0 Å². The summed E-state index contributed by atoms with van der Waals surface area (Å²) in [5.74, 6) is -0.306. The first-order valence-corrected chi connectivity index (χ1v) is 5.66. The van der Waals surface area contributed by atoms with Crippen molar-refractivity contribution in [3.8, 4) is 0 Å². The molecule has 1 atom stereocenters. The number of nitrogens with one attached hydrogen (secondary N) is 1. The van der Waals surface area contributed by atoms with E-state index in [4.69, 9.17) is 16.3 Å². The molecule has 16 heavy (non-hydrogen) atoms. The molecule has 0 heterocycles. The highest BCUT2D eigenvalue weighted by molar-refractivity contribution is 6.31. The van der Waals surface area contributed by atoms with Crippen LogP contribution in [-0.4, -0.2) is 19.8 Å². The van der Waals surface area contributed by atoms with Gasteiger partial charge in [-0.3, -0.25) is 0 Å². The summed E-state index contributed by atoms with van der Waals surface area (Å²) in [4.78, 5) is 0. The number of likely N-dealkylation sites (N-methyl/N-ethyl adjacent to an activating group) is 1. The van der Waals surface area contributed by atoms with Crippen molar-refractivity contribution >= 4 is 11.6 Å². The third-order valence-corrected chi connectivity index (χ3v) is 2.62. The van der Waals surface area contributed by atoms with Gasteiger partial charge in [0.25, 0.3) is 0 Å². The fourth-order valence-corrected chi connectivity index (χ4v) is 1.74. The zero-order valence-corrected chi connectivity index (χ0v) is 10.5. The van der Waals surface area contributed by atoms with Crippen LogP contribution in [0.4, 0.5) is 4.39 Å². The minimum atomic E-state index is -0.306. The van der Waals surface area contributed by atoms with Crippen LogP contribution in [0.5, 0.6) is 0 Å². The van der Waals surface area contributed by atoms with Crippen molar-refractivity contribution in [1.82, 2.24) is 5.32 Å². The molecule has 0 amide bonds. The van der Waals surface area contributed by atoms with Crippen LogP contribution in [0.25, 0.3) is 0 Å². The number of halogens is 2. The van der Waals surface area contributed by atoms with Gasteiger partial charge in [-0.1, -0.05) is 17.7 Å². The highest BCUT2D eigenvalue weighted by Crippen LogP contribution is 2.26. The molecule has 0 aliphatic rings. The zero-order chi connectivity index (χ0) is 12.1. The second kappa shape index (κ2) is 6.18. The van der Waals surface area contributed by atoms with Gasteiger partial charge < -0.3 is 10.1 Å². The first-order valence-electron chi connectivity index (χ1n) is 5.29. The van der Waals surface area contributed by atoms with Crippen LogP contribution in [0.3, 0.4) is 0 Å². The molecule has 2 nitrogen and oxygen atoms in total. The van der Waals surface area contributed by atoms with Crippen molar-refractivity contribution in [2.45, 2.75) is 26.0 Å². The predicted octanol–water partition coefficient (Wildman–Crippen LogP) is 3.16. The maximum Gasteiger partial charge on any atom is 0.129 e. The smallest absolute Gasteiger partial charge is 0.129 e. The molecule has 1 N–H and O–H groups in total. The summed E-state index contributed by atoms with van der Waals surface area (Å²) in [6, 6.07) is 4.45. The van der Waals surface area contributed by atoms with Gasteiger partial charge in [0, 0.05) is 10.6 Å². The largest absolute Gasteiger partial charge is 0.377 e. The molecule has 0 aromatic heterocycles. The summed E-state index contributed by atoms with van der Waals surface area (Å²) in [7, 11) is 1.76. The molecule has 4 heteroatoms. The topological polar surface area (TPSA) is 21.3 Å². The van der Waals surface area contributed by atoms with Gasteiger partial charge in [-0.25, -0.2) is 4.39 Å². The molecule has 1 aromatic rings. The lowest BCUT2D eigenvalue weighted by Gasteiger charge is -2.20. The molecule has 0 saturated carbocycles. The molecule has 1 unspecified atom stereocenters. The van der Waals surface area contributed by atoms with E-state index in [2.05, 4.69) is 5.32 Å². The van der Waals surface area contributed by atoms with E-state index >= 15 is 0 Å². The summed E-state index contributed by atoms with van der Waals surface area (Å²) in [6.45, 7) is 4.28. The van der Waals surface area contributed by atoms with Gasteiger partial charge in [0.1, 0.15) is 5.82 Å². The van der Waals surface area contributed by atoms with Crippen LogP contribution in [0.15, 0.2) is 18.2 Å². The highest BCUT2D eigenvalue weighted by atomic mass is 35.5. The maximum absolute atomic E-state index is 13.6. The Hall–Kier alpha value is -0.640. The standard InChI is InChI=1S/C12H17ClFNO/c1-8(2)16-7-11(15-3)12-9(13)5-4-6-10(12)14/h4-6,8,11,15H,7H2,1-3H3. The Morgan fingerprint density at radius 2 is 2.12 bits per heavy atom. The zero-order valence-electron chi connectivity index (χ0n) is 9.76. The minimum absolute atomic E-state index is 0.112. The van der Waals surface area contributed by atoms with E-state index in [9.17, 15) is 4.39 Å². The molecule has 0 saturated heterocycles. The first kappa shape index (κ1) is 13.4. The molecular weight excluding hydrogens is 229 g/mol. The SMILES string of the molecule is CNC(COC(C)C)c1c(F)cccc1Cl. The Bertz CT molecular complexity index is 324. The van der Waals surface area contributed by atoms with Crippen molar-refractivity contribution < 1.29 is 9.13 Å². The van der Waals surface area contributed by atoms with Gasteiger partial charge in [0.2, 0.25) is 0 Å². The van der Waals surface area contributed by atoms with Crippen LogP contribution >= 0.6 is 11.6 Å². The quantitative estimate of drug-likeness (QED) is 0.861. The number of hydrogen-bond acceptors (Lipinski definition) is 2. The summed E-state index contributed by atoms with van der Waals surface area (Å²) in [5, 5.41) is 3.43. The average Bonchev–Trinajstić information content (AvgIpc) is 2.22. The van der Waals surface area contributed by atoms with Crippen LogP contribution in [-0.2, 0) is 4.74 Å². The van der Waals surface area contributed by atoms with Crippen molar-refractivity contribution in [3.63, 3.8) is 0 Å². The van der Waals surface area contributed by atoms with E-state index in [0.29, 0.717) is 17.2 Å². The maximum atomic E-state index is 13.6. The fraction of sp³-hybridized carbons (Fsp3) is 0.500. The fourth-order valence-electron chi connectivity index (χ4n) is 1.44. The van der Waals surface area contributed by atoms with Crippen LogP contribution < -0.4 is 5.32 Å². The van der Waals surface area contributed by atoms with Crippen molar-refractivity contribution in [3.05, 3.63) is 34.6 Å². The van der Waals surface area contributed by atoms with Gasteiger partial charge in [-0.15, -0.1) is 0 Å². The van der Waals surface area contributed by atoms with Crippen molar-refractivity contribution in [2.24, 2.45) is 0 Å². The Morgan fingerprint density at radius 3 is 2.62 bits per heavy atom. The van der Waals surface area contributed by atoms with E-state index in [0.717, 1.165) is 0 Å². The van der Waals surface area contributed by atoms with E-state index in [1.54, 1.807) is 19.2 Å². The first-order chi connectivity index (χ1) is 7.56. The van der Waals surface area contributed by atoms with Crippen LogP contribution in [0.2, 0.25) is 5.02 Å². The van der Waals surface area contributed by atoms with Crippen molar-refractivity contribution in [1.29, 1.82) is 0 Å². The van der Waals surface area contributed by atoms with E-state index in [1.807, 2.05) is 13.8 Å². The average molecular weight is 246 g/mol. The van der Waals surface area contributed by atoms with Gasteiger partial charge in [-0.05, 0) is 33.0 Å². The molecule has 1 rings (SSSR count). The molecule has 0 spiro atoms. The van der Waals surface area contributed by atoms with Gasteiger partial charge in [-0.2, -0.15) is 0 Å². The van der Waals surface area contributed by atoms with Crippen molar-refractivity contribution in [2.75, 3.05) is 13.7 Å². The summed E-state index contributed by atoms with van der Waals surface area (Å²) < 4.78 is 19.1. The lowest BCUT2D eigenvalue weighted by atomic mass is 10.1. The predicted molar refractivity (Wildman–Crippen MR) is 64.3 cm³/mol. The number of rotatable bonds is 5. The third-order valence-electron chi connectivity index (χ3n) is 2.29. The summed E-state index contributed by atoms with van der Waals surface area (Å²) in [5.41, 5.74) is 0.465. The van der Waals surface area contributed by atoms with Crippen LogP contribution in [0, 0.1) is 5.82 Å². The molecule has 1 aromatic carbocycles. The number of benzene rings is 1. The Morgan fingerprint density at radius 1 is 1.44 bits per heavy atom. The summed E-state index contributed by atoms with van der Waals surface area (Å²) >= 11 is 5.98. The minimum Gasteiger partial charge on any atom is -0.377 e. The molecule has 0 bridgehead atoms.